The molecule has 0 radical (unpaired) electrons. The molecule has 0 saturated carbocycles. The van der Waals surface area contributed by atoms with Crippen molar-refractivity contribution in [3.05, 3.63) is 42.5 Å². The fourth-order valence-corrected chi connectivity index (χ4v) is 4.64. The minimum absolute atomic E-state index is 0.0164. The van der Waals surface area contributed by atoms with Crippen LogP contribution in [0.25, 0.3) is 10.8 Å². The summed E-state index contributed by atoms with van der Waals surface area (Å²) in [7, 11) is 0. The smallest absolute Gasteiger partial charge is 0.241 e. The number of fused-ring (bicyclic) bond motifs is 1. The summed E-state index contributed by atoms with van der Waals surface area (Å²) in [6.07, 6.45) is 1.86. The van der Waals surface area contributed by atoms with E-state index < -0.39 is 0 Å². The quantitative estimate of drug-likeness (QED) is 0.762. The third-order valence-corrected chi connectivity index (χ3v) is 6.21. The first-order valence-electron chi connectivity index (χ1n) is 11.0. The van der Waals surface area contributed by atoms with Crippen molar-refractivity contribution in [1.82, 2.24) is 9.80 Å². The van der Waals surface area contributed by atoms with E-state index in [1.165, 1.54) is 0 Å². The van der Waals surface area contributed by atoms with Gasteiger partial charge in [0.1, 0.15) is 0 Å². The van der Waals surface area contributed by atoms with Crippen molar-refractivity contribution in [2.24, 2.45) is 5.92 Å². The number of likely N-dealkylation sites (tertiary alicyclic amines) is 1. The van der Waals surface area contributed by atoms with Gasteiger partial charge >= 0.3 is 0 Å². The summed E-state index contributed by atoms with van der Waals surface area (Å²) in [4.78, 5) is 32.1. The van der Waals surface area contributed by atoms with E-state index in [2.05, 4.69) is 23.1 Å². The molecule has 0 spiro atoms. The van der Waals surface area contributed by atoms with Crippen molar-refractivity contribution >= 4 is 28.3 Å². The third kappa shape index (κ3) is 4.50. The zero-order valence-corrected chi connectivity index (χ0v) is 17.8. The Kier molecular flexibility index (Phi) is 6.65. The Balaban J connectivity index is 1.43. The van der Waals surface area contributed by atoms with Gasteiger partial charge in [-0.2, -0.15) is 0 Å². The van der Waals surface area contributed by atoms with Gasteiger partial charge in [0.05, 0.1) is 31.4 Å². The molecule has 2 amide bonds. The summed E-state index contributed by atoms with van der Waals surface area (Å²) in [5, 5.41) is 2.23. The zero-order chi connectivity index (χ0) is 20.9. The average molecular weight is 410 g/mol. The summed E-state index contributed by atoms with van der Waals surface area (Å²) in [6.45, 7) is 7.12. The van der Waals surface area contributed by atoms with E-state index >= 15 is 0 Å². The number of likely N-dealkylation sites (N-methyl/N-ethyl adjacent to an activating group) is 1. The van der Waals surface area contributed by atoms with Crippen LogP contribution in [-0.4, -0.2) is 74.1 Å². The Hall–Kier alpha value is -2.44. The molecule has 6 nitrogen and oxygen atoms in total. The number of morpholine rings is 1. The molecule has 4 rings (SSSR count). The Bertz CT molecular complexity index is 889. The molecule has 6 heteroatoms. The van der Waals surface area contributed by atoms with E-state index in [1.54, 1.807) is 0 Å². The second-order valence-electron chi connectivity index (χ2n) is 8.15. The molecule has 2 aromatic rings. The molecule has 2 aliphatic rings. The lowest BCUT2D eigenvalue weighted by atomic mass is 9.96. The summed E-state index contributed by atoms with van der Waals surface area (Å²) in [5.74, 6) is 0.294. The molecule has 0 aromatic heterocycles. The van der Waals surface area contributed by atoms with Gasteiger partial charge in [0, 0.05) is 31.6 Å². The van der Waals surface area contributed by atoms with Crippen LogP contribution in [0.15, 0.2) is 42.5 Å². The molecule has 2 saturated heterocycles. The predicted octanol–water partition coefficient (Wildman–Crippen LogP) is 2.76. The molecular weight excluding hydrogens is 378 g/mol. The molecule has 1 atom stereocenters. The van der Waals surface area contributed by atoms with E-state index in [-0.39, 0.29) is 17.7 Å². The molecule has 2 aliphatic heterocycles. The van der Waals surface area contributed by atoms with Crippen molar-refractivity contribution in [1.29, 1.82) is 0 Å². The summed E-state index contributed by atoms with van der Waals surface area (Å²) in [5.41, 5.74) is 0.957. The summed E-state index contributed by atoms with van der Waals surface area (Å²) in [6, 6.07) is 14.3. The molecular formula is C24H31N3O3. The number of piperidine rings is 1. The maximum Gasteiger partial charge on any atom is 0.241 e. The van der Waals surface area contributed by atoms with Gasteiger partial charge in [-0.25, -0.2) is 0 Å². The highest BCUT2D eigenvalue weighted by atomic mass is 16.5. The van der Waals surface area contributed by atoms with Crippen molar-refractivity contribution < 1.29 is 14.3 Å². The molecule has 2 aromatic carbocycles. The van der Waals surface area contributed by atoms with E-state index in [9.17, 15) is 9.59 Å². The number of benzene rings is 2. The predicted molar refractivity (Wildman–Crippen MR) is 119 cm³/mol. The number of carbonyl (C=O) groups excluding carboxylic acids is 2. The van der Waals surface area contributed by atoms with E-state index in [4.69, 9.17) is 4.74 Å². The van der Waals surface area contributed by atoms with Gasteiger partial charge in [-0.15, -0.1) is 0 Å². The van der Waals surface area contributed by atoms with E-state index in [0.717, 1.165) is 35.8 Å². The molecule has 2 fully saturated rings. The van der Waals surface area contributed by atoms with Gasteiger partial charge in [-0.1, -0.05) is 36.4 Å². The number of hydrogen-bond acceptors (Lipinski definition) is 4. The first kappa shape index (κ1) is 20.8. The Labute approximate surface area is 178 Å². The highest BCUT2D eigenvalue weighted by Gasteiger charge is 2.31. The maximum absolute atomic E-state index is 13.2. The minimum Gasteiger partial charge on any atom is -0.378 e. The summed E-state index contributed by atoms with van der Waals surface area (Å²) >= 11 is 0. The van der Waals surface area contributed by atoms with E-state index in [0.29, 0.717) is 45.9 Å². The van der Waals surface area contributed by atoms with Crippen LogP contribution in [0.1, 0.15) is 19.8 Å². The molecule has 160 valence electrons. The lowest BCUT2D eigenvalue weighted by Crippen LogP contribution is -2.50. The van der Waals surface area contributed by atoms with Gasteiger partial charge in [0.15, 0.2) is 0 Å². The monoisotopic (exact) mass is 409 g/mol. The zero-order valence-electron chi connectivity index (χ0n) is 17.8. The first-order valence-corrected chi connectivity index (χ1v) is 11.0. The molecule has 0 N–H and O–H groups in total. The Morgan fingerprint density at radius 3 is 2.63 bits per heavy atom. The number of nitrogens with zero attached hydrogens (tertiary/aromatic N) is 3. The van der Waals surface area contributed by atoms with Crippen molar-refractivity contribution in [3.63, 3.8) is 0 Å². The number of carbonyl (C=O) groups is 2. The second kappa shape index (κ2) is 9.58. The van der Waals surface area contributed by atoms with Crippen LogP contribution in [0.5, 0.6) is 0 Å². The molecule has 1 unspecified atom stereocenters. The topological polar surface area (TPSA) is 53.1 Å². The van der Waals surface area contributed by atoms with E-state index in [1.807, 2.05) is 41.0 Å². The highest BCUT2D eigenvalue weighted by Crippen LogP contribution is 2.27. The number of anilines is 1. The Morgan fingerprint density at radius 1 is 1.07 bits per heavy atom. The van der Waals surface area contributed by atoms with Crippen LogP contribution < -0.4 is 4.90 Å². The fraction of sp³-hybridized carbons (Fsp3) is 0.500. The molecule has 0 bridgehead atoms. The van der Waals surface area contributed by atoms with Gasteiger partial charge in [0.2, 0.25) is 11.8 Å². The summed E-state index contributed by atoms with van der Waals surface area (Å²) < 4.78 is 5.37. The Morgan fingerprint density at radius 2 is 1.83 bits per heavy atom. The van der Waals surface area contributed by atoms with Gasteiger partial charge in [-0.05, 0) is 37.8 Å². The number of amides is 2. The minimum atomic E-state index is -0.0164. The van der Waals surface area contributed by atoms with Crippen LogP contribution in [0.4, 0.5) is 5.69 Å². The maximum atomic E-state index is 13.2. The largest absolute Gasteiger partial charge is 0.378 e. The first-order chi connectivity index (χ1) is 14.7. The average Bonchev–Trinajstić information content (AvgIpc) is 2.80. The van der Waals surface area contributed by atoms with Gasteiger partial charge in [0.25, 0.3) is 0 Å². The van der Waals surface area contributed by atoms with Crippen LogP contribution in [-0.2, 0) is 14.3 Å². The van der Waals surface area contributed by atoms with Crippen LogP contribution in [0, 0.1) is 5.92 Å². The normalized spacial score (nSPS) is 20.3. The lowest BCUT2D eigenvalue weighted by molar-refractivity contribution is -0.142. The second-order valence-corrected chi connectivity index (χ2v) is 8.15. The lowest BCUT2D eigenvalue weighted by Gasteiger charge is -2.36. The van der Waals surface area contributed by atoms with Crippen molar-refractivity contribution in [2.75, 3.05) is 57.4 Å². The standard InChI is InChI=1S/C24H31N3O3/c1-2-27(22-11-5-8-19-7-3-4-10-21(19)22)23(28)18-25-12-6-9-20(17-25)24(29)26-13-15-30-16-14-26/h3-5,7-8,10-11,20H,2,6,9,12-18H2,1H3. The van der Waals surface area contributed by atoms with Crippen LogP contribution in [0.3, 0.4) is 0 Å². The molecule has 30 heavy (non-hydrogen) atoms. The fourth-order valence-electron chi connectivity index (χ4n) is 4.64. The van der Waals surface area contributed by atoms with Crippen molar-refractivity contribution in [2.45, 2.75) is 19.8 Å². The number of ether oxygens (including phenoxy) is 1. The van der Waals surface area contributed by atoms with Crippen LogP contribution >= 0.6 is 0 Å². The molecule has 0 aliphatic carbocycles. The van der Waals surface area contributed by atoms with Gasteiger partial charge in [-0.3, -0.25) is 14.5 Å². The number of hydrogen-bond donors (Lipinski definition) is 0. The number of rotatable bonds is 5. The van der Waals surface area contributed by atoms with Crippen molar-refractivity contribution in [3.8, 4) is 0 Å². The highest BCUT2D eigenvalue weighted by molar-refractivity contribution is 6.04. The van der Waals surface area contributed by atoms with Crippen LogP contribution in [0.2, 0.25) is 0 Å². The van der Waals surface area contributed by atoms with Gasteiger partial charge < -0.3 is 14.5 Å². The SMILES string of the molecule is CCN(C(=O)CN1CCCC(C(=O)N2CCOCC2)C1)c1cccc2ccccc12. The third-order valence-electron chi connectivity index (χ3n) is 6.21. The molecule has 2 heterocycles.